The Morgan fingerprint density at radius 2 is 1.80 bits per heavy atom. The maximum Gasteiger partial charge on any atom is 0.132 e. The Kier molecular flexibility index (Phi) is 3.38. The molecule has 0 saturated heterocycles. The van der Waals surface area contributed by atoms with Gasteiger partial charge in [-0.15, -0.1) is 0 Å². The lowest BCUT2D eigenvalue weighted by atomic mass is 10.00. The standard InChI is InChI=1S/C18H15FN/c1-2-7-14-12-13-8-3-6-11-17(13)20-18(14)15-9-4-5-10-16(15)19/h2-6,8-12H,7H2,1H3/q+1. The first-order valence-electron chi connectivity index (χ1n) is 6.71. The van der Waals surface area contributed by atoms with Gasteiger partial charge in [-0.1, -0.05) is 30.3 Å². The highest BCUT2D eigenvalue weighted by Crippen LogP contribution is 2.28. The van der Waals surface area contributed by atoms with E-state index in [9.17, 15) is 4.39 Å². The molecule has 0 unspecified atom stereocenters. The molecule has 1 heterocycles. The molecule has 0 aliphatic carbocycles. The monoisotopic (exact) mass is 264 g/mol. The maximum absolute atomic E-state index is 14.0. The van der Waals surface area contributed by atoms with E-state index in [-0.39, 0.29) is 5.82 Å². The Hall–Kier alpha value is -2.35. The second-order valence-corrected chi connectivity index (χ2v) is 4.78. The molecule has 0 aliphatic heterocycles. The zero-order valence-corrected chi connectivity index (χ0v) is 11.3. The number of nitrogens with zero attached hydrogens (tertiary/aromatic N) is 1. The number of hydrogen-bond acceptors (Lipinski definition) is 1. The van der Waals surface area contributed by atoms with Gasteiger partial charge in [0.15, 0.2) is 0 Å². The van der Waals surface area contributed by atoms with Crippen LogP contribution < -0.4 is 0 Å². The topological polar surface area (TPSA) is 12.9 Å². The van der Waals surface area contributed by atoms with Crippen molar-refractivity contribution >= 4 is 10.9 Å². The molecule has 0 N–H and O–H groups in total. The summed E-state index contributed by atoms with van der Waals surface area (Å²) in [6, 6.07) is 16.8. The Morgan fingerprint density at radius 3 is 2.60 bits per heavy atom. The largest absolute Gasteiger partial charge is 0.247 e. The van der Waals surface area contributed by atoms with Crippen molar-refractivity contribution in [3.8, 4) is 11.3 Å². The lowest BCUT2D eigenvalue weighted by Gasteiger charge is -2.09. The summed E-state index contributed by atoms with van der Waals surface area (Å²) in [5.41, 5.74) is 3.25. The molecule has 0 aliphatic rings. The van der Waals surface area contributed by atoms with Crippen LogP contribution >= 0.6 is 0 Å². The van der Waals surface area contributed by atoms with E-state index in [1.165, 1.54) is 6.07 Å². The van der Waals surface area contributed by atoms with E-state index in [2.05, 4.69) is 17.5 Å². The van der Waals surface area contributed by atoms with Gasteiger partial charge >= 0.3 is 0 Å². The van der Waals surface area contributed by atoms with Gasteiger partial charge in [0.05, 0.1) is 24.6 Å². The molecule has 0 spiro atoms. The molecule has 2 heteroatoms. The minimum absolute atomic E-state index is 0.229. The number of hydrogen-bond donors (Lipinski definition) is 0. The lowest BCUT2D eigenvalue weighted by molar-refractivity contribution is 0.630. The van der Waals surface area contributed by atoms with Gasteiger partial charge in [-0.05, 0) is 24.3 Å². The third kappa shape index (κ3) is 2.25. The third-order valence-electron chi connectivity index (χ3n) is 3.36. The summed E-state index contributed by atoms with van der Waals surface area (Å²) in [6.07, 6.45) is 2.84. The average molecular weight is 264 g/mol. The van der Waals surface area contributed by atoms with Crippen LogP contribution in [0.5, 0.6) is 0 Å². The van der Waals surface area contributed by atoms with Crippen molar-refractivity contribution < 1.29 is 4.39 Å². The van der Waals surface area contributed by atoms with Crippen LogP contribution in [-0.2, 0) is 6.42 Å². The van der Waals surface area contributed by atoms with E-state index in [1.807, 2.05) is 37.3 Å². The van der Waals surface area contributed by atoms with E-state index < -0.39 is 0 Å². The van der Waals surface area contributed by atoms with Crippen LogP contribution in [0.25, 0.3) is 22.2 Å². The van der Waals surface area contributed by atoms with Crippen molar-refractivity contribution in [2.45, 2.75) is 13.3 Å². The first-order chi connectivity index (χ1) is 9.79. The van der Waals surface area contributed by atoms with Crippen LogP contribution in [0.4, 0.5) is 4.39 Å². The lowest BCUT2D eigenvalue weighted by Crippen LogP contribution is -1.96. The summed E-state index contributed by atoms with van der Waals surface area (Å²) in [7, 11) is 0. The highest BCUT2D eigenvalue weighted by atomic mass is 19.1. The quantitative estimate of drug-likeness (QED) is 0.619. The summed E-state index contributed by atoms with van der Waals surface area (Å²) in [5.74, 6) is -0.229. The molecule has 0 radical (unpaired) electrons. The zero-order chi connectivity index (χ0) is 13.9. The number of aromatic nitrogens is 1. The molecular formula is C18H15FN+. The predicted octanol–water partition coefficient (Wildman–Crippen LogP) is 4.81. The van der Waals surface area contributed by atoms with Crippen molar-refractivity contribution in [1.29, 1.82) is 0 Å². The van der Waals surface area contributed by atoms with Crippen molar-refractivity contribution in [3.05, 3.63) is 72.4 Å². The molecule has 3 rings (SSSR count). The van der Waals surface area contributed by atoms with Crippen LogP contribution in [0.2, 0.25) is 0 Å². The van der Waals surface area contributed by atoms with E-state index in [1.54, 1.807) is 12.1 Å². The Morgan fingerprint density at radius 1 is 1.05 bits per heavy atom. The molecule has 98 valence electrons. The van der Waals surface area contributed by atoms with Crippen LogP contribution in [0.1, 0.15) is 12.5 Å². The van der Waals surface area contributed by atoms with Crippen LogP contribution in [0.15, 0.2) is 54.6 Å². The van der Waals surface area contributed by atoms with Gasteiger partial charge in [-0.25, -0.2) is 9.37 Å². The van der Waals surface area contributed by atoms with Gasteiger partial charge in [0.1, 0.15) is 12.2 Å². The van der Waals surface area contributed by atoms with E-state index in [4.69, 9.17) is 0 Å². The zero-order valence-electron chi connectivity index (χ0n) is 11.3. The Bertz CT molecular complexity index is 749. The molecule has 0 atom stereocenters. The van der Waals surface area contributed by atoms with Crippen LogP contribution in [0, 0.1) is 12.2 Å². The summed E-state index contributed by atoms with van der Waals surface area (Å²) >= 11 is 0. The SMILES string of the molecule is C[CH+]Cc1cc2ccccc2nc1-c1ccccc1F. The third-order valence-corrected chi connectivity index (χ3v) is 3.36. The van der Waals surface area contributed by atoms with Crippen LogP contribution in [-0.4, -0.2) is 4.98 Å². The fourth-order valence-corrected chi connectivity index (χ4v) is 2.42. The number of pyridine rings is 1. The second kappa shape index (κ2) is 5.33. The number of benzene rings is 2. The van der Waals surface area contributed by atoms with Crippen molar-refractivity contribution in [2.24, 2.45) is 0 Å². The maximum atomic E-state index is 14.0. The van der Waals surface area contributed by atoms with Crippen molar-refractivity contribution in [3.63, 3.8) is 0 Å². The highest BCUT2D eigenvalue weighted by molar-refractivity contribution is 5.83. The Labute approximate surface area is 118 Å². The molecule has 1 aromatic heterocycles. The summed E-state index contributed by atoms with van der Waals surface area (Å²) in [5, 5.41) is 1.09. The van der Waals surface area contributed by atoms with Gasteiger partial charge in [0.25, 0.3) is 0 Å². The van der Waals surface area contributed by atoms with E-state index >= 15 is 0 Å². The highest BCUT2D eigenvalue weighted by Gasteiger charge is 2.14. The van der Waals surface area contributed by atoms with Gasteiger partial charge in [-0.3, -0.25) is 0 Å². The van der Waals surface area contributed by atoms with Crippen molar-refractivity contribution in [2.75, 3.05) is 0 Å². The summed E-state index contributed by atoms with van der Waals surface area (Å²) in [6.45, 7) is 2.00. The summed E-state index contributed by atoms with van der Waals surface area (Å²) < 4.78 is 14.0. The van der Waals surface area contributed by atoms with Crippen LogP contribution in [0.3, 0.4) is 0 Å². The van der Waals surface area contributed by atoms with E-state index in [0.29, 0.717) is 5.56 Å². The summed E-state index contributed by atoms with van der Waals surface area (Å²) in [4.78, 5) is 4.66. The van der Waals surface area contributed by atoms with Gasteiger partial charge < -0.3 is 0 Å². The number of para-hydroxylation sites is 1. The molecule has 20 heavy (non-hydrogen) atoms. The number of fused-ring (bicyclic) bond motifs is 1. The molecule has 0 amide bonds. The molecule has 0 bridgehead atoms. The molecular weight excluding hydrogens is 249 g/mol. The fourth-order valence-electron chi connectivity index (χ4n) is 2.42. The minimum atomic E-state index is -0.229. The smallest absolute Gasteiger partial charge is 0.132 e. The molecule has 3 aromatic rings. The predicted molar refractivity (Wildman–Crippen MR) is 80.8 cm³/mol. The molecule has 0 saturated carbocycles. The Balaban J connectivity index is 2.27. The number of rotatable bonds is 3. The van der Waals surface area contributed by atoms with E-state index in [0.717, 1.165) is 28.6 Å². The number of halogens is 1. The first kappa shape index (κ1) is 12.7. The average Bonchev–Trinajstić information content (AvgIpc) is 2.48. The molecule has 0 fully saturated rings. The fraction of sp³-hybridized carbons (Fsp3) is 0.111. The second-order valence-electron chi connectivity index (χ2n) is 4.78. The molecule has 1 nitrogen and oxygen atoms in total. The first-order valence-corrected chi connectivity index (χ1v) is 6.71. The normalized spacial score (nSPS) is 10.7. The molecule has 2 aromatic carbocycles. The van der Waals surface area contributed by atoms with Gasteiger partial charge in [0.2, 0.25) is 0 Å². The van der Waals surface area contributed by atoms with Gasteiger partial charge in [0, 0.05) is 16.5 Å². The minimum Gasteiger partial charge on any atom is -0.247 e. The van der Waals surface area contributed by atoms with Gasteiger partial charge in [-0.2, -0.15) is 0 Å². The van der Waals surface area contributed by atoms with Crippen molar-refractivity contribution in [1.82, 2.24) is 4.98 Å².